The van der Waals surface area contributed by atoms with E-state index >= 15 is 0 Å². The van der Waals surface area contributed by atoms with Crippen LogP contribution in [-0.2, 0) is 22.3 Å². The maximum absolute atomic E-state index is 12.3. The van der Waals surface area contributed by atoms with Crippen LogP contribution in [-0.4, -0.2) is 35.5 Å². The first kappa shape index (κ1) is 14.8. The lowest BCUT2D eigenvalue weighted by atomic mass is 10.1. The van der Waals surface area contributed by atoms with Crippen molar-refractivity contribution in [2.45, 2.75) is 31.7 Å². The zero-order valence-electron chi connectivity index (χ0n) is 10.8. The minimum absolute atomic E-state index is 0.0356. The fourth-order valence-electron chi connectivity index (χ4n) is 2.04. The Morgan fingerprint density at radius 2 is 2.05 bits per heavy atom. The van der Waals surface area contributed by atoms with E-state index in [2.05, 4.69) is 4.98 Å². The highest BCUT2D eigenvalue weighted by Crippen LogP contribution is 2.27. The SMILES string of the molecule is O=CN1CCC(OCc2ccc(C(F)(F)F)nc2)CC1. The fraction of sp³-hybridized carbons (Fsp3) is 0.538. The number of pyridine rings is 1. The van der Waals surface area contributed by atoms with Crippen molar-refractivity contribution in [3.63, 3.8) is 0 Å². The number of ether oxygens (including phenoxy) is 1. The molecular formula is C13H15F3N2O2. The molecule has 0 saturated carbocycles. The summed E-state index contributed by atoms with van der Waals surface area (Å²) < 4.78 is 42.6. The number of amides is 1. The van der Waals surface area contributed by atoms with Gasteiger partial charge in [-0.1, -0.05) is 6.07 Å². The summed E-state index contributed by atoms with van der Waals surface area (Å²) in [7, 11) is 0. The Bertz CT molecular complexity index is 440. The predicted molar refractivity (Wildman–Crippen MR) is 64.7 cm³/mol. The van der Waals surface area contributed by atoms with Crippen LogP contribution in [0.25, 0.3) is 0 Å². The first-order chi connectivity index (χ1) is 9.49. The Morgan fingerprint density at radius 3 is 2.55 bits per heavy atom. The summed E-state index contributed by atoms with van der Waals surface area (Å²) in [6.45, 7) is 1.54. The van der Waals surface area contributed by atoms with Gasteiger partial charge in [0.25, 0.3) is 0 Å². The molecule has 1 aromatic rings. The van der Waals surface area contributed by atoms with Crippen LogP contribution in [0.1, 0.15) is 24.1 Å². The molecule has 7 heteroatoms. The molecule has 0 aromatic carbocycles. The number of aromatic nitrogens is 1. The van der Waals surface area contributed by atoms with Gasteiger partial charge in [-0.2, -0.15) is 13.2 Å². The second-order valence-electron chi connectivity index (χ2n) is 4.70. The number of rotatable bonds is 4. The normalized spacial score (nSPS) is 17.2. The van der Waals surface area contributed by atoms with E-state index in [1.165, 1.54) is 12.3 Å². The topological polar surface area (TPSA) is 42.4 Å². The fourth-order valence-corrected chi connectivity index (χ4v) is 2.04. The summed E-state index contributed by atoms with van der Waals surface area (Å²) in [6.07, 6.45) is -0.895. The van der Waals surface area contributed by atoms with E-state index in [-0.39, 0.29) is 12.7 Å². The second kappa shape index (κ2) is 6.21. The summed E-state index contributed by atoms with van der Waals surface area (Å²) in [6, 6.07) is 2.32. The van der Waals surface area contributed by atoms with Crippen LogP contribution in [0.15, 0.2) is 18.3 Å². The van der Waals surface area contributed by atoms with Crippen LogP contribution < -0.4 is 0 Å². The summed E-state index contributed by atoms with van der Waals surface area (Å²) in [4.78, 5) is 15.6. The minimum Gasteiger partial charge on any atom is -0.373 e. The lowest BCUT2D eigenvalue weighted by Crippen LogP contribution is -2.35. The third-order valence-corrected chi connectivity index (χ3v) is 3.23. The van der Waals surface area contributed by atoms with E-state index in [0.29, 0.717) is 18.7 Å². The number of hydrogen-bond donors (Lipinski definition) is 0. The first-order valence-corrected chi connectivity index (χ1v) is 6.32. The van der Waals surface area contributed by atoms with E-state index in [1.54, 1.807) is 4.90 Å². The van der Waals surface area contributed by atoms with Gasteiger partial charge in [0.15, 0.2) is 0 Å². The lowest BCUT2D eigenvalue weighted by Gasteiger charge is -2.29. The molecule has 2 heterocycles. The number of carbonyl (C=O) groups is 1. The molecule has 110 valence electrons. The van der Waals surface area contributed by atoms with E-state index < -0.39 is 11.9 Å². The molecule has 1 aromatic heterocycles. The smallest absolute Gasteiger partial charge is 0.373 e. The van der Waals surface area contributed by atoms with Crippen LogP contribution >= 0.6 is 0 Å². The molecule has 0 unspecified atom stereocenters. The van der Waals surface area contributed by atoms with Gasteiger partial charge < -0.3 is 9.64 Å². The van der Waals surface area contributed by atoms with Gasteiger partial charge >= 0.3 is 6.18 Å². The third-order valence-electron chi connectivity index (χ3n) is 3.23. The van der Waals surface area contributed by atoms with Gasteiger partial charge in [0, 0.05) is 19.3 Å². The molecule has 1 aliphatic heterocycles. The van der Waals surface area contributed by atoms with Gasteiger partial charge in [0.1, 0.15) is 5.69 Å². The first-order valence-electron chi connectivity index (χ1n) is 6.32. The number of piperidine rings is 1. The average molecular weight is 288 g/mol. The Morgan fingerprint density at radius 1 is 1.35 bits per heavy atom. The maximum Gasteiger partial charge on any atom is 0.433 e. The van der Waals surface area contributed by atoms with E-state index in [1.807, 2.05) is 0 Å². The number of hydrogen-bond acceptors (Lipinski definition) is 3. The molecule has 20 heavy (non-hydrogen) atoms. The summed E-state index contributed by atoms with van der Waals surface area (Å²) in [5.41, 5.74) is -0.295. The minimum atomic E-state index is -4.42. The van der Waals surface area contributed by atoms with Crippen molar-refractivity contribution in [2.24, 2.45) is 0 Å². The van der Waals surface area contributed by atoms with Crippen LogP contribution in [0.2, 0.25) is 0 Å². The van der Waals surface area contributed by atoms with Gasteiger partial charge in [0.2, 0.25) is 6.41 Å². The average Bonchev–Trinajstić information content (AvgIpc) is 2.45. The quantitative estimate of drug-likeness (QED) is 0.798. The van der Waals surface area contributed by atoms with Crippen molar-refractivity contribution < 1.29 is 22.7 Å². The van der Waals surface area contributed by atoms with Crippen LogP contribution in [0.5, 0.6) is 0 Å². The second-order valence-corrected chi connectivity index (χ2v) is 4.70. The maximum atomic E-state index is 12.3. The molecule has 2 rings (SSSR count). The molecule has 1 aliphatic rings. The molecular weight excluding hydrogens is 273 g/mol. The molecule has 0 N–H and O–H groups in total. The van der Waals surface area contributed by atoms with Gasteiger partial charge in [-0.05, 0) is 24.5 Å². The highest BCUT2D eigenvalue weighted by atomic mass is 19.4. The zero-order chi connectivity index (χ0) is 14.6. The van der Waals surface area contributed by atoms with Crippen LogP contribution in [0, 0.1) is 0 Å². The summed E-state index contributed by atoms with van der Waals surface area (Å²) >= 11 is 0. The summed E-state index contributed by atoms with van der Waals surface area (Å²) in [5, 5.41) is 0. The van der Waals surface area contributed by atoms with Gasteiger partial charge in [-0.3, -0.25) is 9.78 Å². The van der Waals surface area contributed by atoms with Crippen molar-refractivity contribution >= 4 is 6.41 Å². The number of halogens is 3. The van der Waals surface area contributed by atoms with E-state index in [0.717, 1.165) is 25.3 Å². The van der Waals surface area contributed by atoms with Crippen molar-refractivity contribution in [3.8, 4) is 0 Å². The van der Waals surface area contributed by atoms with Crippen LogP contribution in [0.4, 0.5) is 13.2 Å². The molecule has 0 radical (unpaired) electrons. The Labute approximate surface area is 114 Å². The van der Waals surface area contributed by atoms with Gasteiger partial charge in [-0.15, -0.1) is 0 Å². The van der Waals surface area contributed by atoms with Crippen LogP contribution in [0.3, 0.4) is 0 Å². The number of carbonyl (C=O) groups excluding carboxylic acids is 1. The van der Waals surface area contributed by atoms with E-state index in [4.69, 9.17) is 4.74 Å². The number of alkyl halides is 3. The molecule has 0 aliphatic carbocycles. The molecule has 1 amide bonds. The van der Waals surface area contributed by atoms with Crippen molar-refractivity contribution in [1.82, 2.24) is 9.88 Å². The van der Waals surface area contributed by atoms with Crippen molar-refractivity contribution in [3.05, 3.63) is 29.6 Å². The molecule has 0 atom stereocenters. The predicted octanol–water partition coefficient (Wildman–Crippen LogP) is 2.24. The molecule has 0 spiro atoms. The molecule has 1 fully saturated rings. The third kappa shape index (κ3) is 3.93. The lowest BCUT2D eigenvalue weighted by molar-refractivity contribution is -0.141. The Balaban J connectivity index is 1.81. The molecule has 1 saturated heterocycles. The van der Waals surface area contributed by atoms with E-state index in [9.17, 15) is 18.0 Å². The summed E-state index contributed by atoms with van der Waals surface area (Å²) in [5.74, 6) is 0. The molecule has 4 nitrogen and oxygen atoms in total. The van der Waals surface area contributed by atoms with Crippen molar-refractivity contribution in [1.29, 1.82) is 0 Å². The Kier molecular flexibility index (Phi) is 4.59. The molecule has 0 bridgehead atoms. The monoisotopic (exact) mass is 288 g/mol. The number of likely N-dealkylation sites (tertiary alicyclic amines) is 1. The van der Waals surface area contributed by atoms with Gasteiger partial charge in [0.05, 0.1) is 12.7 Å². The van der Waals surface area contributed by atoms with Crippen molar-refractivity contribution in [2.75, 3.05) is 13.1 Å². The van der Waals surface area contributed by atoms with Gasteiger partial charge in [-0.25, -0.2) is 0 Å². The Hall–Kier alpha value is -1.63. The zero-order valence-corrected chi connectivity index (χ0v) is 10.8. The largest absolute Gasteiger partial charge is 0.433 e. The highest BCUT2D eigenvalue weighted by Gasteiger charge is 2.32. The highest BCUT2D eigenvalue weighted by molar-refractivity contribution is 5.47. The standard InChI is InChI=1S/C13H15F3N2O2/c14-13(15,16)12-2-1-10(7-17-12)8-20-11-3-5-18(9-19)6-4-11/h1-2,7,9,11H,3-6,8H2. The number of nitrogens with zero attached hydrogens (tertiary/aromatic N) is 2.